The lowest BCUT2D eigenvalue weighted by Gasteiger charge is -2.63. The van der Waals surface area contributed by atoms with Crippen LogP contribution < -0.4 is 5.63 Å². The van der Waals surface area contributed by atoms with E-state index in [1.807, 2.05) is 0 Å². The maximum atomic E-state index is 12.5. The fourth-order valence-corrected chi connectivity index (χ4v) is 8.67. The van der Waals surface area contributed by atoms with E-state index in [1.54, 1.807) is 6.07 Å². The molecule has 3 unspecified atom stereocenters. The van der Waals surface area contributed by atoms with Crippen LogP contribution in [0.1, 0.15) is 83.6 Å². The number of ether oxygens (including phenoxy) is 1. The zero-order valence-electron chi connectivity index (χ0n) is 19.4. The normalized spacial score (nSPS) is 47.8. The molecule has 0 saturated heterocycles. The Balaban J connectivity index is 1.55. The van der Waals surface area contributed by atoms with Crippen LogP contribution in [-0.2, 0) is 9.53 Å². The number of rotatable bonds is 2. The quantitative estimate of drug-likeness (QED) is 0.674. The van der Waals surface area contributed by atoms with Crippen LogP contribution in [-0.4, -0.2) is 34.0 Å². The average molecular weight is 445 g/mol. The smallest absolute Gasteiger partial charge is 0.335 e. The van der Waals surface area contributed by atoms with Crippen LogP contribution in [0, 0.1) is 28.6 Å². The Bertz CT molecular complexity index is 935. The lowest BCUT2D eigenvalue weighted by Crippen LogP contribution is -2.62. The van der Waals surface area contributed by atoms with E-state index in [0.29, 0.717) is 18.3 Å². The lowest BCUT2D eigenvalue weighted by molar-refractivity contribution is -0.205. The number of aliphatic hydroxyl groups is 2. The van der Waals surface area contributed by atoms with E-state index in [1.165, 1.54) is 19.3 Å². The number of hydrogen-bond acceptors (Lipinski definition) is 6. The van der Waals surface area contributed by atoms with Gasteiger partial charge < -0.3 is 19.4 Å². The second-order valence-corrected chi connectivity index (χ2v) is 11.5. The molecule has 0 aromatic carbocycles. The molecule has 0 amide bonds. The van der Waals surface area contributed by atoms with Gasteiger partial charge in [0.25, 0.3) is 0 Å². The van der Waals surface area contributed by atoms with Crippen LogP contribution in [0.4, 0.5) is 0 Å². The fraction of sp³-hybridized carbons (Fsp3) is 0.769. The van der Waals surface area contributed by atoms with Crippen LogP contribution in [0.2, 0.25) is 0 Å². The molecule has 0 spiro atoms. The monoisotopic (exact) mass is 444 g/mol. The van der Waals surface area contributed by atoms with E-state index >= 15 is 0 Å². The Morgan fingerprint density at radius 2 is 1.91 bits per heavy atom. The first-order valence-electron chi connectivity index (χ1n) is 12.2. The summed E-state index contributed by atoms with van der Waals surface area (Å²) in [6, 6.07) is 3.17. The van der Waals surface area contributed by atoms with Crippen molar-refractivity contribution in [3.8, 4) is 0 Å². The van der Waals surface area contributed by atoms with Gasteiger partial charge in [-0.05, 0) is 79.7 Å². The molecule has 6 heteroatoms. The van der Waals surface area contributed by atoms with Gasteiger partial charge >= 0.3 is 11.6 Å². The van der Waals surface area contributed by atoms with Crippen molar-refractivity contribution >= 4 is 5.97 Å². The number of esters is 1. The van der Waals surface area contributed by atoms with Gasteiger partial charge in [-0.3, -0.25) is 4.79 Å². The summed E-state index contributed by atoms with van der Waals surface area (Å²) in [5, 5.41) is 22.7. The summed E-state index contributed by atoms with van der Waals surface area (Å²) in [4.78, 5) is 23.6. The van der Waals surface area contributed by atoms with E-state index in [0.717, 1.165) is 50.5 Å². The molecular formula is C26H36O6. The van der Waals surface area contributed by atoms with Gasteiger partial charge in [0.2, 0.25) is 0 Å². The highest BCUT2D eigenvalue weighted by Gasteiger charge is 2.70. The van der Waals surface area contributed by atoms with E-state index in [2.05, 4.69) is 13.8 Å². The zero-order valence-corrected chi connectivity index (χ0v) is 19.4. The van der Waals surface area contributed by atoms with Crippen molar-refractivity contribution in [1.29, 1.82) is 0 Å². The maximum absolute atomic E-state index is 12.5. The molecule has 9 atom stereocenters. The Labute approximate surface area is 189 Å². The van der Waals surface area contributed by atoms with Crippen molar-refractivity contribution < 1.29 is 24.2 Å². The SMILES string of the molecule is CC(=O)OC1CC2(O)[C@@H]3CC[C@@H]4C[C@@H](O)CC[C@]4(C)[C@H]3CC[C@]2(C)C1c1ccc(=O)oc1. The molecule has 6 nitrogen and oxygen atoms in total. The minimum Gasteiger partial charge on any atom is -0.462 e. The van der Waals surface area contributed by atoms with Crippen molar-refractivity contribution in [2.75, 3.05) is 0 Å². The van der Waals surface area contributed by atoms with Gasteiger partial charge in [-0.1, -0.05) is 13.8 Å². The summed E-state index contributed by atoms with van der Waals surface area (Å²) in [7, 11) is 0. The third-order valence-electron chi connectivity index (χ3n) is 10.2. The van der Waals surface area contributed by atoms with Crippen LogP contribution in [0.15, 0.2) is 27.6 Å². The van der Waals surface area contributed by atoms with E-state index in [-0.39, 0.29) is 29.3 Å². The third kappa shape index (κ3) is 3.05. The third-order valence-corrected chi connectivity index (χ3v) is 10.2. The summed E-state index contributed by atoms with van der Waals surface area (Å²) >= 11 is 0. The number of carbonyl (C=O) groups excluding carboxylic acids is 1. The van der Waals surface area contributed by atoms with Gasteiger partial charge in [-0.2, -0.15) is 0 Å². The molecular weight excluding hydrogens is 408 g/mol. The summed E-state index contributed by atoms with van der Waals surface area (Å²) in [5.74, 6) is 0.469. The maximum Gasteiger partial charge on any atom is 0.335 e. The Hall–Kier alpha value is -1.66. The molecule has 0 bridgehead atoms. The van der Waals surface area contributed by atoms with Crippen molar-refractivity contribution in [2.24, 2.45) is 28.6 Å². The molecule has 4 aliphatic carbocycles. The van der Waals surface area contributed by atoms with Crippen molar-refractivity contribution in [1.82, 2.24) is 0 Å². The molecule has 2 N–H and O–H groups in total. The number of fused-ring (bicyclic) bond motifs is 5. The van der Waals surface area contributed by atoms with Crippen LogP contribution in [0.3, 0.4) is 0 Å². The van der Waals surface area contributed by atoms with Crippen LogP contribution in [0.5, 0.6) is 0 Å². The Kier molecular flexibility index (Phi) is 5.14. The average Bonchev–Trinajstić information content (AvgIpc) is 2.95. The summed E-state index contributed by atoms with van der Waals surface area (Å²) in [6.07, 6.45) is 7.78. The lowest BCUT2D eigenvalue weighted by atomic mass is 9.43. The van der Waals surface area contributed by atoms with Crippen molar-refractivity contribution in [3.05, 3.63) is 34.4 Å². The minimum atomic E-state index is -0.957. The number of aliphatic hydroxyl groups excluding tert-OH is 1. The molecule has 176 valence electrons. The fourth-order valence-electron chi connectivity index (χ4n) is 8.67. The summed E-state index contributed by atoms with van der Waals surface area (Å²) in [6.45, 7) is 5.94. The second kappa shape index (κ2) is 7.42. The second-order valence-electron chi connectivity index (χ2n) is 11.5. The number of hydrogen-bond donors (Lipinski definition) is 2. The predicted octanol–water partition coefficient (Wildman–Crippen LogP) is 3.78. The largest absolute Gasteiger partial charge is 0.462 e. The molecule has 0 radical (unpaired) electrons. The van der Waals surface area contributed by atoms with E-state index in [9.17, 15) is 19.8 Å². The molecule has 4 saturated carbocycles. The molecule has 32 heavy (non-hydrogen) atoms. The molecule has 0 aliphatic heterocycles. The highest BCUT2D eigenvalue weighted by molar-refractivity contribution is 5.66. The van der Waals surface area contributed by atoms with Gasteiger partial charge in [-0.15, -0.1) is 0 Å². The molecule has 4 fully saturated rings. The minimum absolute atomic E-state index is 0.133. The standard InChI is InChI=1S/C26H36O6/c1-15(27)32-21-13-26(30)20-6-5-17-12-18(28)8-10-24(17,2)19(20)9-11-25(26,3)23(21)16-4-7-22(29)31-14-16/h4,7,14,17-21,23,28,30H,5-6,8-13H2,1-3H3/t17-,18+,19+,20-,21?,23?,24+,25-,26?/m1/s1. The molecule has 1 heterocycles. The first-order chi connectivity index (χ1) is 15.1. The van der Waals surface area contributed by atoms with Crippen molar-refractivity contribution in [2.45, 2.75) is 95.9 Å². The topological polar surface area (TPSA) is 97.0 Å². The Morgan fingerprint density at radius 3 is 2.59 bits per heavy atom. The van der Waals surface area contributed by atoms with Crippen LogP contribution >= 0.6 is 0 Å². The van der Waals surface area contributed by atoms with E-state index < -0.39 is 22.7 Å². The Morgan fingerprint density at radius 1 is 1.12 bits per heavy atom. The molecule has 4 aliphatic rings. The number of carbonyl (C=O) groups is 1. The molecule has 1 aromatic rings. The first-order valence-corrected chi connectivity index (χ1v) is 12.2. The van der Waals surface area contributed by atoms with Gasteiger partial charge in [0, 0.05) is 30.7 Å². The van der Waals surface area contributed by atoms with E-state index in [4.69, 9.17) is 9.15 Å². The first kappa shape index (κ1) is 22.1. The highest BCUT2D eigenvalue weighted by Crippen LogP contribution is 2.70. The van der Waals surface area contributed by atoms with Gasteiger partial charge in [0.05, 0.1) is 18.0 Å². The summed E-state index contributed by atoms with van der Waals surface area (Å²) in [5.41, 5.74) is -0.903. The highest BCUT2D eigenvalue weighted by atomic mass is 16.5. The van der Waals surface area contributed by atoms with Gasteiger partial charge in [0.15, 0.2) is 0 Å². The van der Waals surface area contributed by atoms with Gasteiger partial charge in [-0.25, -0.2) is 4.79 Å². The molecule has 1 aromatic heterocycles. The van der Waals surface area contributed by atoms with Gasteiger partial charge in [0.1, 0.15) is 6.10 Å². The predicted molar refractivity (Wildman–Crippen MR) is 118 cm³/mol. The van der Waals surface area contributed by atoms with Crippen LogP contribution in [0.25, 0.3) is 0 Å². The summed E-state index contributed by atoms with van der Waals surface area (Å²) < 4.78 is 11.0. The zero-order chi connectivity index (χ0) is 22.9. The van der Waals surface area contributed by atoms with Crippen molar-refractivity contribution in [3.63, 3.8) is 0 Å². The molecule has 5 rings (SSSR count).